The standard InChI is InChI=1S/C27H31F3N6O5/c1-35(2)22(37)12-5-4-9-19(33-26(40)41-3)24(38)32-20-11-7-15-36(25(20)39)16-21-31-18-10-6-8-17(23(18)34-21)13-14-27(28,29)30/h5-8,10-12,15,19H,4,9,13-14,16H2,1-3H3,(H,31,34)(H,32,38)(H,33,40). The van der Waals surface area contributed by atoms with Crippen molar-refractivity contribution in [2.75, 3.05) is 26.5 Å². The molecule has 0 aliphatic carbocycles. The number of carbonyl (C=O) groups is 3. The van der Waals surface area contributed by atoms with Crippen molar-refractivity contribution in [3.8, 4) is 0 Å². The molecule has 3 N–H and O–H groups in total. The molecule has 0 fully saturated rings. The highest BCUT2D eigenvalue weighted by Gasteiger charge is 2.27. The number of aryl methyl sites for hydroxylation is 1. The van der Waals surface area contributed by atoms with Crippen LogP contribution in [0.15, 0.2) is 53.5 Å². The Morgan fingerprint density at radius 1 is 1.20 bits per heavy atom. The molecule has 0 aliphatic rings. The molecule has 220 valence electrons. The topological polar surface area (TPSA) is 138 Å². The van der Waals surface area contributed by atoms with Crippen molar-refractivity contribution < 1.29 is 32.3 Å². The van der Waals surface area contributed by atoms with Gasteiger partial charge in [-0.15, -0.1) is 0 Å². The number of hydrogen-bond donors (Lipinski definition) is 3. The minimum atomic E-state index is -4.30. The minimum absolute atomic E-state index is 0.0372. The molecule has 41 heavy (non-hydrogen) atoms. The average Bonchev–Trinajstić information content (AvgIpc) is 3.33. The van der Waals surface area contributed by atoms with Gasteiger partial charge >= 0.3 is 12.3 Å². The third-order valence-electron chi connectivity index (χ3n) is 6.04. The molecule has 3 aromatic rings. The number of hydrogen-bond acceptors (Lipinski definition) is 6. The van der Waals surface area contributed by atoms with Crippen LogP contribution in [0.2, 0.25) is 0 Å². The van der Waals surface area contributed by atoms with Crippen LogP contribution in [0.5, 0.6) is 0 Å². The largest absolute Gasteiger partial charge is 0.453 e. The molecule has 1 aromatic carbocycles. The lowest BCUT2D eigenvalue weighted by Crippen LogP contribution is -2.44. The zero-order valence-electron chi connectivity index (χ0n) is 22.7. The number of imidazole rings is 1. The quantitative estimate of drug-likeness (QED) is 0.299. The van der Waals surface area contributed by atoms with E-state index in [0.717, 1.165) is 7.11 Å². The Kier molecular flexibility index (Phi) is 10.3. The van der Waals surface area contributed by atoms with Crippen molar-refractivity contribution in [3.63, 3.8) is 0 Å². The smallest absolute Gasteiger partial charge is 0.407 e. The number of amides is 3. The predicted octanol–water partition coefficient (Wildman–Crippen LogP) is 3.36. The third kappa shape index (κ3) is 8.95. The third-order valence-corrected chi connectivity index (χ3v) is 6.04. The van der Waals surface area contributed by atoms with E-state index in [9.17, 15) is 32.3 Å². The van der Waals surface area contributed by atoms with Crippen molar-refractivity contribution in [3.05, 3.63) is 70.4 Å². The summed E-state index contributed by atoms with van der Waals surface area (Å²) in [4.78, 5) is 58.4. The van der Waals surface area contributed by atoms with Gasteiger partial charge in [-0.05, 0) is 49.1 Å². The van der Waals surface area contributed by atoms with Gasteiger partial charge in [-0.1, -0.05) is 18.2 Å². The number of nitrogens with one attached hydrogen (secondary N) is 3. The fraction of sp³-hybridized carbons (Fsp3) is 0.370. The van der Waals surface area contributed by atoms with Gasteiger partial charge in [0.1, 0.15) is 17.6 Å². The van der Waals surface area contributed by atoms with Crippen LogP contribution >= 0.6 is 0 Å². The number of nitrogens with zero attached hydrogens (tertiary/aromatic N) is 3. The van der Waals surface area contributed by atoms with E-state index in [1.807, 2.05) is 0 Å². The number of methoxy groups -OCH3 is 1. The van der Waals surface area contributed by atoms with E-state index in [-0.39, 0.29) is 37.4 Å². The number of para-hydroxylation sites is 1. The van der Waals surface area contributed by atoms with Gasteiger partial charge in [-0.2, -0.15) is 13.2 Å². The van der Waals surface area contributed by atoms with Gasteiger partial charge in [-0.3, -0.25) is 14.4 Å². The maximum atomic E-state index is 13.1. The Bertz CT molecular complexity index is 1480. The number of anilines is 1. The Balaban J connectivity index is 1.75. The number of aromatic nitrogens is 3. The second-order valence-electron chi connectivity index (χ2n) is 9.36. The number of fused-ring (bicyclic) bond motifs is 1. The lowest BCUT2D eigenvalue weighted by Gasteiger charge is -2.17. The van der Waals surface area contributed by atoms with E-state index in [1.54, 1.807) is 38.4 Å². The monoisotopic (exact) mass is 576 g/mol. The molecule has 0 saturated heterocycles. The van der Waals surface area contributed by atoms with Gasteiger partial charge in [0.15, 0.2) is 0 Å². The van der Waals surface area contributed by atoms with E-state index in [4.69, 9.17) is 0 Å². The van der Waals surface area contributed by atoms with Gasteiger partial charge in [-0.25, -0.2) is 9.78 Å². The Labute approximate surface area is 233 Å². The number of rotatable bonds is 11. The van der Waals surface area contributed by atoms with Gasteiger partial charge in [0, 0.05) is 26.7 Å². The first kappa shape index (κ1) is 30.9. The van der Waals surface area contributed by atoms with E-state index >= 15 is 0 Å². The summed E-state index contributed by atoms with van der Waals surface area (Å²) in [5, 5.41) is 4.94. The van der Waals surface area contributed by atoms with Crippen LogP contribution in [-0.4, -0.2) is 70.8 Å². The molecule has 3 rings (SSSR count). The van der Waals surface area contributed by atoms with E-state index in [2.05, 4.69) is 25.3 Å². The number of allylic oxidation sites excluding steroid dienone is 1. The van der Waals surface area contributed by atoms with Crippen molar-refractivity contribution >= 4 is 34.6 Å². The Hall–Kier alpha value is -4.62. The molecule has 0 spiro atoms. The minimum Gasteiger partial charge on any atom is -0.453 e. The number of carbonyl (C=O) groups excluding carboxylic acids is 3. The number of alkyl halides is 3. The highest BCUT2D eigenvalue weighted by molar-refractivity contribution is 5.96. The Morgan fingerprint density at radius 2 is 1.95 bits per heavy atom. The molecular formula is C27H31F3N6O5. The lowest BCUT2D eigenvalue weighted by atomic mass is 10.1. The summed E-state index contributed by atoms with van der Waals surface area (Å²) in [6.07, 6.45) is -1.56. The van der Waals surface area contributed by atoms with Crippen LogP contribution in [0.25, 0.3) is 11.0 Å². The predicted molar refractivity (Wildman–Crippen MR) is 145 cm³/mol. The number of benzene rings is 1. The number of pyridine rings is 1. The molecule has 11 nitrogen and oxygen atoms in total. The molecule has 2 aromatic heterocycles. The second-order valence-corrected chi connectivity index (χ2v) is 9.36. The van der Waals surface area contributed by atoms with Crippen LogP contribution in [0.4, 0.5) is 23.7 Å². The summed E-state index contributed by atoms with van der Waals surface area (Å²) in [6, 6.07) is 6.76. The lowest BCUT2D eigenvalue weighted by molar-refractivity contribution is -0.134. The van der Waals surface area contributed by atoms with Crippen LogP contribution in [0.1, 0.15) is 30.7 Å². The number of H-pyrrole nitrogens is 1. The van der Waals surface area contributed by atoms with Crippen molar-refractivity contribution in [2.24, 2.45) is 0 Å². The zero-order chi connectivity index (χ0) is 30.2. The van der Waals surface area contributed by atoms with Crippen molar-refractivity contribution in [1.29, 1.82) is 0 Å². The van der Waals surface area contributed by atoms with E-state index in [0.29, 0.717) is 22.4 Å². The average molecular weight is 577 g/mol. The van der Waals surface area contributed by atoms with Gasteiger partial charge in [0.25, 0.3) is 5.56 Å². The summed E-state index contributed by atoms with van der Waals surface area (Å²) in [5.41, 5.74) is 0.736. The molecule has 0 bridgehead atoms. The molecular weight excluding hydrogens is 545 g/mol. The maximum Gasteiger partial charge on any atom is 0.407 e. The highest BCUT2D eigenvalue weighted by Crippen LogP contribution is 2.25. The zero-order valence-corrected chi connectivity index (χ0v) is 22.7. The van der Waals surface area contributed by atoms with E-state index < -0.39 is 36.2 Å². The van der Waals surface area contributed by atoms with Crippen LogP contribution < -0.4 is 16.2 Å². The number of alkyl carbamates (subject to hydrolysis) is 1. The molecule has 1 unspecified atom stereocenters. The molecule has 3 amide bonds. The highest BCUT2D eigenvalue weighted by atomic mass is 19.4. The number of likely N-dealkylation sites (N-methyl/N-ethyl adjacent to an activating group) is 1. The molecule has 0 aliphatic heterocycles. The number of halogens is 3. The summed E-state index contributed by atoms with van der Waals surface area (Å²) < 4.78 is 44.1. The van der Waals surface area contributed by atoms with Gasteiger partial charge in [0.05, 0.1) is 24.7 Å². The first-order valence-electron chi connectivity index (χ1n) is 12.6. The fourth-order valence-electron chi connectivity index (χ4n) is 3.90. The first-order valence-corrected chi connectivity index (χ1v) is 12.6. The molecule has 0 saturated carbocycles. The Morgan fingerprint density at radius 3 is 2.63 bits per heavy atom. The normalized spacial score (nSPS) is 12.3. The first-order chi connectivity index (χ1) is 19.4. The summed E-state index contributed by atoms with van der Waals surface area (Å²) >= 11 is 0. The molecule has 2 heterocycles. The number of aromatic amines is 1. The van der Waals surface area contributed by atoms with Crippen molar-refractivity contribution in [1.82, 2.24) is 24.8 Å². The maximum absolute atomic E-state index is 13.1. The second kappa shape index (κ2) is 13.6. The molecule has 1 atom stereocenters. The summed E-state index contributed by atoms with van der Waals surface area (Å²) in [6.45, 7) is -0.0372. The van der Waals surface area contributed by atoms with E-state index in [1.165, 1.54) is 33.9 Å². The molecule has 0 radical (unpaired) electrons. The SMILES string of the molecule is COC(=O)NC(CCC=CC(=O)N(C)C)C(=O)Nc1cccn(Cc2nc3c(CCC(F)(F)F)cccc3[nH]2)c1=O. The van der Waals surface area contributed by atoms with Crippen LogP contribution in [0, 0.1) is 0 Å². The fourth-order valence-corrected chi connectivity index (χ4v) is 3.90. The molecule has 14 heteroatoms. The summed E-state index contributed by atoms with van der Waals surface area (Å²) in [5.74, 6) is -0.566. The van der Waals surface area contributed by atoms with Gasteiger partial charge < -0.3 is 29.8 Å². The van der Waals surface area contributed by atoms with Crippen molar-refractivity contribution in [2.45, 2.75) is 44.4 Å². The summed E-state index contributed by atoms with van der Waals surface area (Å²) in [7, 11) is 4.34. The van der Waals surface area contributed by atoms with Gasteiger partial charge in [0.2, 0.25) is 11.8 Å². The van der Waals surface area contributed by atoms with Crippen LogP contribution in [-0.2, 0) is 27.3 Å². The van der Waals surface area contributed by atoms with Crippen LogP contribution in [0.3, 0.4) is 0 Å². The number of ether oxygens (including phenoxy) is 1.